The van der Waals surface area contributed by atoms with E-state index in [4.69, 9.17) is 9.47 Å². The molecule has 2 fully saturated rings. The van der Waals surface area contributed by atoms with Crippen molar-refractivity contribution in [2.75, 3.05) is 21.3 Å². The second-order valence-corrected chi connectivity index (χ2v) is 7.32. The Balaban J connectivity index is 1.64. The largest absolute Gasteiger partial charge is 0.493 e. The van der Waals surface area contributed by atoms with E-state index >= 15 is 0 Å². The summed E-state index contributed by atoms with van der Waals surface area (Å²) in [6.45, 7) is 0.664. The number of rotatable bonds is 7. The summed E-state index contributed by atoms with van der Waals surface area (Å²) in [6, 6.07) is 4.09. The molecule has 134 valence electrons. The molecule has 0 aliphatic heterocycles. The van der Waals surface area contributed by atoms with Crippen molar-refractivity contribution in [2.24, 2.45) is 11.8 Å². The number of methoxy groups -OCH3 is 2. The van der Waals surface area contributed by atoms with Gasteiger partial charge in [-0.1, -0.05) is 0 Å². The van der Waals surface area contributed by atoms with Crippen LogP contribution in [0.4, 0.5) is 0 Å². The fraction of sp³-hybridized carbons (Fsp3) is 0.579. The topological polar surface area (TPSA) is 67.5 Å². The van der Waals surface area contributed by atoms with Gasteiger partial charge >= 0.3 is 0 Å². The van der Waals surface area contributed by atoms with Gasteiger partial charge in [0, 0.05) is 12.1 Å². The first-order valence-electron chi connectivity index (χ1n) is 8.96. The lowest BCUT2D eigenvalue weighted by molar-refractivity contribution is 0.183. The predicted octanol–water partition coefficient (Wildman–Crippen LogP) is 2.56. The van der Waals surface area contributed by atoms with Crippen LogP contribution in [0, 0.1) is 11.8 Å². The first kappa shape index (κ1) is 16.4. The standard InChI is InChI=1S/C19H25N3O3/c1-22(18(11-4-5-11)12-6-7-12)10-17-20-14-9-16(25-3)15(24-2)8-13(14)19(23)21-17/h8-9,11-12,18H,4-7,10H2,1-3H3,(H,20,21,23). The van der Waals surface area contributed by atoms with Crippen molar-refractivity contribution in [1.29, 1.82) is 0 Å². The number of hydrogen-bond donors (Lipinski definition) is 1. The molecule has 2 aliphatic carbocycles. The lowest BCUT2D eigenvalue weighted by Gasteiger charge is -2.27. The summed E-state index contributed by atoms with van der Waals surface area (Å²) in [5, 5.41) is 0.519. The summed E-state index contributed by atoms with van der Waals surface area (Å²) in [4.78, 5) is 22.5. The lowest BCUT2D eigenvalue weighted by atomic mass is 10.1. The first-order valence-corrected chi connectivity index (χ1v) is 8.96. The van der Waals surface area contributed by atoms with E-state index in [2.05, 4.69) is 21.9 Å². The van der Waals surface area contributed by atoms with Crippen molar-refractivity contribution in [3.8, 4) is 11.5 Å². The molecule has 1 aromatic carbocycles. The number of aromatic amines is 1. The number of fused-ring (bicyclic) bond motifs is 1. The zero-order valence-corrected chi connectivity index (χ0v) is 15.0. The molecule has 1 heterocycles. The third-order valence-corrected chi connectivity index (χ3v) is 5.38. The summed E-state index contributed by atoms with van der Waals surface area (Å²) >= 11 is 0. The van der Waals surface area contributed by atoms with Crippen LogP contribution in [-0.4, -0.2) is 42.2 Å². The van der Waals surface area contributed by atoms with Crippen LogP contribution in [-0.2, 0) is 6.54 Å². The maximum atomic E-state index is 12.5. The molecule has 0 radical (unpaired) electrons. The summed E-state index contributed by atoms with van der Waals surface area (Å²) in [6.07, 6.45) is 5.35. The number of H-pyrrole nitrogens is 1. The van der Waals surface area contributed by atoms with Gasteiger partial charge in [0.25, 0.3) is 5.56 Å². The highest BCUT2D eigenvalue weighted by Crippen LogP contribution is 2.47. The number of nitrogens with one attached hydrogen (secondary N) is 1. The SMILES string of the molecule is COc1cc2nc(CN(C)C(C3CC3)C3CC3)[nH]c(=O)c2cc1OC. The van der Waals surface area contributed by atoms with Crippen LogP contribution in [0.2, 0.25) is 0 Å². The molecule has 2 saturated carbocycles. The van der Waals surface area contributed by atoms with E-state index < -0.39 is 0 Å². The molecule has 2 aliphatic rings. The van der Waals surface area contributed by atoms with E-state index in [9.17, 15) is 4.79 Å². The number of benzene rings is 1. The van der Waals surface area contributed by atoms with Crippen LogP contribution in [0.15, 0.2) is 16.9 Å². The minimum Gasteiger partial charge on any atom is -0.493 e. The molecule has 6 heteroatoms. The molecule has 0 saturated heterocycles. The van der Waals surface area contributed by atoms with Gasteiger partial charge in [0.15, 0.2) is 11.5 Å². The third kappa shape index (κ3) is 3.23. The Bertz CT molecular complexity index is 828. The monoisotopic (exact) mass is 343 g/mol. The molecule has 0 amide bonds. The van der Waals surface area contributed by atoms with Gasteiger partial charge in [0.2, 0.25) is 0 Å². The maximum Gasteiger partial charge on any atom is 0.258 e. The summed E-state index contributed by atoms with van der Waals surface area (Å²) < 4.78 is 10.6. The van der Waals surface area contributed by atoms with Crippen molar-refractivity contribution in [3.63, 3.8) is 0 Å². The lowest BCUT2D eigenvalue weighted by Crippen LogP contribution is -2.35. The highest BCUT2D eigenvalue weighted by Gasteiger charge is 2.43. The van der Waals surface area contributed by atoms with Gasteiger partial charge in [-0.05, 0) is 50.6 Å². The number of nitrogens with zero attached hydrogens (tertiary/aromatic N) is 2. The van der Waals surface area contributed by atoms with Crippen LogP contribution < -0.4 is 15.0 Å². The van der Waals surface area contributed by atoms with Crippen molar-refractivity contribution in [3.05, 3.63) is 28.3 Å². The van der Waals surface area contributed by atoms with Gasteiger partial charge in [-0.25, -0.2) is 4.98 Å². The summed E-state index contributed by atoms with van der Waals surface area (Å²) in [7, 11) is 5.30. The second-order valence-electron chi connectivity index (χ2n) is 7.32. The molecular weight excluding hydrogens is 318 g/mol. The normalized spacial score (nSPS) is 17.5. The van der Waals surface area contributed by atoms with Gasteiger partial charge in [-0.3, -0.25) is 9.69 Å². The fourth-order valence-electron chi connectivity index (χ4n) is 3.91. The Labute approximate surface area is 147 Å². The Morgan fingerprint density at radius 3 is 2.32 bits per heavy atom. The molecule has 25 heavy (non-hydrogen) atoms. The highest BCUT2D eigenvalue weighted by molar-refractivity contribution is 5.81. The summed E-state index contributed by atoms with van der Waals surface area (Å²) in [5.74, 6) is 3.48. The molecule has 1 aromatic heterocycles. The molecule has 1 N–H and O–H groups in total. The molecule has 0 atom stereocenters. The number of aromatic nitrogens is 2. The van der Waals surface area contributed by atoms with Crippen molar-refractivity contribution in [1.82, 2.24) is 14.9 Å². The average molecular weight is 343 g/mol. The summed E-state index contributed by atoms with van der Waals surface area (Å²) in [5.41, 5.74) is 0.503. The van der Waals surface area contributed by atoms with Gasteiger partial charge in [-0.15, -0.1) is 0 Å². The molecule has 0 unspecified atom stereocenters. The van der Waals surface area contributed by atoms with Gasteiger partial charge in [0.1, 0.15) is 5.82 Å². The minimum atomic E-state index is -0.135. The van der Waals surface area contributed by atoms with Crippen LogP contribution in [0.25, 0.3) is 10.9 Å². The molecule has 0 bridgehead atoms. The average Bonchev–Trinajstić information content (AvgIpc) is 3.49. The van der Waals surface area contributed by atoms with E-state index in [1.165, 1.54) is 25.7 Å². The molecular formula is C19H25N3O3. The van der Waals surface area contributed by atoms with Crippen LogP contribution in [0.1, 0.15) is 31.5 Å². The maximum absolute atomic E-state index is 12.5. The van der Waals surface area contributed by atoms with E-state index in [1.807, 2.05) is 0 Å². The van der Waals surface area contributed by atoms with Crippen LogP contribution in [0.3, 0.4) is 0 Å². The van der Waals surface area contributed by atoms with Gasteiger partial charge in [0.05, 0.1) is 31.7 Å². The molecule has 2 aromatic rings. The van der Waals surface area contributed by atoms with Crippen molar-refractivity contribution < 1.29 is 9.47 Å². The number of hydrogen-bond acceptors (Lipinski definition) is 5. The van der Waals surface area contributed by atoms with E-state index in [-0.39, 0.29) is 5.56 Å². The zero-order chi connectivity index (χ0) is 17.6. The quantitative estimate of drug-likeness (QED) is 0.837. The van der Waals surface area contributed by atoms with Gasteiger partial charge in [-0.2, -0.15) is 0 Å². The number of ether oxygens (including phenoxy) is 2. The Hall–Kier alpha value is -2.08. The van der Waals surface area contributed by atoms with E-state index in [1.54, 1.807) is 26.4 Å². The highest BCUT2D eigenvalue weighted by atomic mass is 16.5. The van der Waals surface area contributed by atoms with Crippen LogP contribution >= 0.6 is 0 Å². The molecule has 4 rings (SSSR count). The first-order chi connectivity index (χ1) is 12.1. The molecule has 0 spiro atoms. The Morgan fingerprint density at radius 1 is 1.16 bits per heavy atom. The Kier molecular flexibility index (Phi) is 4.15. The van der Waals surface area contributed by atoms with Crippen LogP contribution in [0.5, 0.6) is 11.5 Å². The van der Waals surface area contributed by atoms with E-state index in [0.717, 1.165) is 11.8 Å². The molecule has 6 nitrogen and oxygen atoms in total. The third-order valence-electron chi connectivity index (χ3n) is 5.38. The second kappa shape index (κ2) is 6.33. The predicted molar refractivity (Wildman–Crippen MR) is 96.2 cm³/mol. The minimum absolute atomic E-state index is 0.135. The smallest absolute Gasteiger partial charge is 0.258 e. The van der Waals surface area contributed by atoms with Gasteiger partial charge < -0.3 is 14.5 Å². The van der Waals surface area contributed by atoms with Crippen molar-refractivity contribution in [2.45, 2.75) is 38.3 Å². The Morgan fingerprint density at radius 2 is 1.76 bits per heavy atom. The van der Waals surface area contributed by atoms with Crippen molar-refractivity contribution >= 4 is 10.9 Å². The van der Waals surface area contributed by atoms with E-state index in [0.29, 0.717) is 40.8 Å². The zero-order valence-electron chi connectivity index (χ0n) is 15.0. The fourth-order valence-corrected chi connectivity index (χ4v) is 3.91.